The summed E-state index contributed by atoms with van der Waals surface area (Å²) in [5.74, 6) is 1.56. The molecule has 0 aliphatic carbocycles. The lowest BCUT2D eigenvalue weighted by molar-refractivity contribution is 0.240. The van der Waals surface area contributed by atoms with Crippen LogP contribution in [0, 0.1) is 5.41 Å². The quantitative estimate of drug-likeness (QED) is 0.448. The van der Waals surface area contributed by atoms with Gasteiger partial charge in [-0.2, -0.15) is 0 Å². The van der Waals surface area contributed by atoms with Crippen LogP contribution in [0.1, 0.15) is 24.3 Å². The summed E-state index contributed by atoms with van der Waals surface area (Å²) in [7, 11) is 0. The second-order valence-corrected chi connectivity index (χ2v) is 5.81. The summed E-state index contributed by atoms with van der Waals surface area (Å²) in [5.41, 5.74) is 1.76. The molecule has 2 aromatic rings. The topological polar surface area (TPSA) is 45.1 Å². The molecule has 0 saturated carbocycles. The van der Waals surface area contributed by atoms with Crippen molar-refractivity contribution in [1.82, 2.24) is 0 Å². The Balaban J connectivity index is 0.00000220. The van der Waals surface area contributed by atoms with Crippen LogP contribution in [0.4, 0.5) is 5.69 Å². The average molecular weight is 345 g/mol. The minimum absolute atomic E-state index is 0. The zero-order chi connectivity index (χ0) is 14.5. The SMILES string of the molecule is CC(C)Oc1ccc(NC(=N)c2cccs2)cc1CCl.Cl. The molecule has 0 aliphatic heterocycles. The Bertz CT molecular complexity index is 585. The highest BCUT2D eigenvalue weighted by Crippen LogP contribution is 2.26. The maximum Gasteiger partial charge on any atom is 0.140 e. The summed E-state index contributed by atoms with van der Waals surface area (Å²) < 4.78 is 5.70. The van der Waals surface area contributed by atoms with Crippen LogP contribution in [0.15, 0.2) is 35.7 Å². The van der Waals surface area contributed by atoms with E-state index in [1.807, 2.05) is 49.6 Å². The van der Waals surface area contributed by atoms with Gasteiger partial charge in [-0.25, -0.2) is 0 Å². The van der Waals surface area contributed by atoms with Crippen molar-refractivity contribution in [3.8, 4) is 5.75 Å². The Morgan fingerprint density at radius 1 is 1.38 bits per heavy atom. The number of anilines is 1. The third-order valence-corrected chi connectivity index (χ3v) is 3.78. The van der Waals surface area contributed by atoms with Crippen molar-refractivity contribution in [2.75, 3.05) is 5.32 Å². The van der Waals surface area contributed by atoms with Crippen molar-refractivity contribution in [2.45, 2.75) is 25.8 Å². The molecular weight excluding hydrogens is 327 g/mol. The van der Waals surface area contributed by atoms with Gasteiger partial charge in [0.05, 0.1) is 16.9 Å². The first-order valence-corrected chi connectivity index (χ1v) is 7.76. The van der Waals surface area contributed by atoms with E-state index in [-0.39, 0.29) is 18.5 Å². The summed E-state index contributed by atoms with van der Waals surface area (Å²) in [4.78, 5) is 0.903. The minimum Gasteiger partial charge on any atom is -0.491 e. The van der Waals surface area contributed by atoms with E-state index in [1.165, 1.54) is 11.3 Å². The molecule has 0 bridgehead atoms. The van der Waals surface area contributed by atoms with Gasteiger partial charge in [-0.1, -0.05) is 6.07 Å². The van der Waals surface area contributed by atoms with E-state index in [2.05, 4.69) is 5.32 Å². The first-order chi connectivity index (χ1) is 9.60. The number of benzene rings is 1. The number of nitrogens with one attached hydrogen (secondary N) is 2. The van der Waals surface area contributed by atoms with E-state index in [1.54, 1.807) is 0 Å². The fraction of sp³-hybridized carbons (Fsp3) is 0.267. The highest BCUT2D eigenvalue weighted by Gasteiger charge is 2.08. The lowest BCUT2D eigenvalue weighted by Gasteiger charge is -2.15. The fourth-order valence-corrected chi connectivity index (χ4v) is 2.60. The molecule has 0 radical (unpaired) electrons. The van der Waals surface area contributed by atoms with Crippen molar-refractivity contribution in [2.24, 2.45) is 0 Å². The van der Waals surface area contributed by atoms with Crippen molar-refractivity contribution in [3.05, 3.63) is 46.2 Å². The van der Waals surface area contributed by atoms with Crippen LogP contribution in [0.25, 0.3) is 0 Å². The summed E-state index contributed by atoms with van der Waals surface area (Å²) in [6, 6.07) is 9.56. The molecule has 0 amide bonds. The molecule has 114 valence electrons. The molecule has 0 atom stereocenters. The molecule has 2 N–H and O–H groups in total. The molecule has 1 aromatic carbocycles. The van der Waals surface area contributed by atoms with E-state index in [9.17, 15) is 0 Å². The van der Waals surface area contributed by atoms with Crippen LogP contribution < -0.4 is 10.1 Å². The van der Waals surface area contributed by atoms with E-state index in [4.69, 9.17) is 21.7 Å². The third-order valence-electron chi connectivity index (χ3n) is 2.60. The van der Waals surface area contributed by atoms with E-state index < -0.39 is 0 Å². The second kappa shape index (κ2) is 8.27. The van der Waals surface area contributed by atoms with Gasteiger partial charge in [0.2, 0.25) is 0 Å². The summed E-state index contributed by atoms with van der Waals surface area (Å²) in [6.07, 6.45) is 0.111. The van der Waals surface area contributed by atoms with Gasteiger partial charge in [0.25, 0.3) is 0 Å². The molecule has 1 heterocycles. The lowest BCUT2D eigenvalue weighted by Crippen LogP contribution is -2.11. The first kappa shape index (κ1) is 17.8. The maximum atomic E-state index is 8.01. The van der Waals surface area contributed by atoms with Crippen LogP contribution in [0.5, 0.6) is 5.75 Å². The standard InChI is InChI=1S/C15H17ClN2OS.ClH/c1-10(2)19-13-6-5-12(8-11(13)9-16)18-15(17)14-4-3-7-20-14;/h3-8,10H,9H2,1-2H3,(H2,17,18);1H. The predicted molar refractivity (Wildman–Crippen MR) is 93.8 cm³/mol. The molecule has 0 spiro atoms. The second-order valence-electron chi connectivity index (χ2n) is 4.60. The zero-order valence-electron chi connectivity index (χ0n) is 11.9. The van der Waals surface area contributed by atoms with Crippen LogP contribution in [-0.4, -0.2) is 11.9 Å². The number of amidine groups is 1. The first-order valence-electron chi connectivity index (χ1n) is 6.35. The normalized spacial score (nSPS) is 10.1. The van der Waals surface area contributed by atoms with Gasteiger partial charge in [0.15, 0.2) is 0 Å². The largest absolute Gasteiger partial charge is 0.491 e. The summed E-state index contributed by atoms with van der Waals surface area (Å²) in [5, 5.41) is 13.0. The van der Waals surface area contributed by atoms with Gasteiger partial charge in [-0.05, 0) is 43.5 Å². The number of hydrogen-bond donors (Lipinski definition) is 2. The number of thiophene rings is 1. The summed E-state index contributed by atoms with van der Waals surface area (Å²) >= 11 is 7.50. The van der Waals surface area contributed by atoms with Crippen molar-refractivity contribution >= 4 is 46.9 Å². The molecule has 2 rings (SSSR count). The molecule has 0 unspecified atom stereocenters. The molecular formula is C15H18Cl2N2OS. The molecule has 6 heteroatoms. The molecule has 0 saturated heterocycles. The van der Waals surface area contributed by atoms with Crippen molar-refractivity contribution in [3.63, 3.8) is 0 Å². The molecule has 0 fully saturated rings. The van der Waals surface area contributed by atoms with E-state index in [0.717, 1.165) is 21.9 Å². The fourth-order valence-electron chi connectivity index (χ4n) is 1.76. The minimum atomic E-state index is 0. The van der Waals surface area contributed by atoms with Gasteiger partial charge in [0, 0.05) is 11.3 Å². The average Bonchev–Trinajstić information content (AvgIpc) is 2.94. The Morgan fingerprint density at radius 2 is 2.14 bits per heavy atom. The van der Waals surface area contributed by atoms with Gasteiger partial charge in [-0.15, -0.1) is 35.3 Å². The Morgan fingerprint density at radius 3 is 2.71 bits per heavy atom. The molecule has 21 heavy (non-hydrogen) atoms. The summed E-state index contributed by atoms with van der Waals surface area (Å²) in [6.45, 7) is 3.97. The van der Waals surface area contributed by atoms with Gasteiger partial charge in [0.1, 0.15) is 11.6 Å². The van der Waals surface area contributed by atoms with Crippen LogP contribution in [0.2, 0.25) is 0 Å². The zero-order valence-corrected chi connectivity index (χ0v) is 14.2. The highest BCUT2D eigenvalue weighted by molar-refractivity contribution is 7.12. The lowest BCUT2D eigenvalue weighted by atomic mass is 10.2. The van der Waals surface area contributed by atoms with E-state index >= 15 is 0 Å². The smallest absolute Gasteiger partial charge is 0.140 e. The van der Waals surface area contributed by atoms with Crippen molar-refractivity contribution in [1.29, 1.82) is 5.41 Å². The van der Waals surface area contributed by atoms with Gasteiger partial charge in [-0.3, -0.25) is 5.41 Å². The highest BCUT2D eigenvalue weighted by atomic mass is 35.5. The van der Waals surface area contributed by atoms with Crippen molar-refractivity contribution < 1.29 is 4.74 Å². The van der Waals surface area contributed by atoms with Gasteiger partial charge >= 0.3 is 0 Å². The molecule has 3 nitrogen and oxygen atoms in total. The number of alkyl halides is 1. The molecule has 0 aliphatic rings. The van der Waals surface area contributed by atoms with Crippen LogP contribution >= 0.6 is 35.3 Å². The number of halogens is 2. The number of ether oxygens (including phenoxy) is 1. The van der Waals surface area contributed by atoms with E-state index in [0.29, 0.717) is 11.7 Å². The Kier molecular flexibility index (Phi) is 7.02. The molecule has 1 aromatic heterocycles. The van der Waals surface area contributed by atoms with Gasteiger partial charge < -0.3 is 10.1 Å². The Labute approximate surface area is 140 Å². The third kappa shape index (κ3) is 4.92. The maximum absolute atomic E-state index is 8.01. The predicted octanol–water partition coefficient (Wildman–Crippen LogP) is 5.13. The van der Waals surface area contributed by atoms with Crippen LogP contribution in [-0.2, 0) is 5.88 Å². The number of rotatable bonds is 5. The number of hydrogen-bond acceptors (Lipinski definition) is 3. The van der Waals surface area contributed by atoms with Crippen LogP contribution in [0.3, 0.4) is 0 Å². The Hall–Kier alpha value is -1.23. The monoisotopic (exact) mass is 344 g/mol.